The Labute approximate surface area is 94.3 Å². The van der Waals surface area contributed by atoms with Gasteiger partial charge in [0.2, 0.25) is 5.15 Å². The molecule has 0 saturated heterocycles. The minimum atomic E-state index is 0.574. The Morgan fingerprint density at radius 2 is 2.07 bits per heavy atom. The molecule has 0 aliphatic carbocycles. The van der Waals surface area contributed by atoms with Crippen molar-refractivity contribution in [2.45, 2.75) is 0 Å². The summed E-state index contributed by atoms with van der Waals surface area (Å²) in [6, 6.07) is 7.78. The van der Waals surface area contributed by atoms with E-state index in [-0.39, 0.29) is 0 Å². The normalized spacial score (nSPS) is 10.1. The highest BCUT2D eigenvalue weighted by molar-refractivity contribution is 7.68. The number of nitrogens with zero attached hydrogens (tertiary/aromatic N) is 1. The number of hydrogen-bond donors (Lipinski definition) is 0. The molecule has 0 aliphatic heterocycles. The lowest BCUT2D eigenvalue weighted by atomic mass is 10.2. The van der Waals surface area contributed by atoms with E-state index in [1.165, 1.54) is 10.5 Å². The second-order valence-electron chi connectivity index (χ2n) is 2.60. The lowest BCUT2D eigenvalue weighted by Crippen LogP contribution is -1.81. The van der Waals surface area contributed by atoms with Gasteiger partial charge in [0, 0.05) is 5.56 Å². The van der Waals surface area contributed by atoms with Crippen molar-refractivity contribution in [3.8, 4) is 16.2 Å². The number of benzene rings is 1. The maximum atomic E-state index is 5.93. The zero-order chi connectivity index (χ0) is 9.97. The summed E-state index contributed by atoms with van der Waals surface area (Å²) in [4.78, 5) is 1.01. The van der Waals surface area contributed by atoms with Gasteiger partial charge in [-0.05, 0) is 24.3 Å². The summed E-state index contributed by atoms with van der Waals surface area (Å²) in [5.74, 6) is 0.845. The Morgan fingerprint density at radius 3 is 2.57 bits per heavy atom. The summed E-state index contributed by atoms with van der Waals surface area (Å²) >= 11 is 5.93. The molecular weight excluding hydrogens is 238 g/mol. The summed E-state index contributed by atoms with van der Waals surface area (Å²) in [5.41, 5.74) is 1.08. The standard InChI is InChI=1S/C9H7ClNOS2/c1-12-7-4-2-6(3-5-7)8-9(10)11-14-13-8/h2-5H,1H3/q+1. The molecule has 1 aromatic heterocycles. The van der Waals surface area contributed by atoms with Crippen molar-refractivity contribution in [2.75, 3.05) is 7.11 Å². The molecule has 0 atom stereocenters. The minimum Gasteiger partial charge on any atom is -0.497 e. The fourth-order valence-corrected chi connectivity index (χ4v) is 3.42. The maximum absolute atomic E-state index is 5.93. The van der Waals surface area contributed by atoms with E-state index in [4.69, 9.17) is 16.3 Å². The van der Waals surface area contributed by atoms with Crippen LogP contribution in [-0.2, 0) is 0 Å². The number of rotatable bonds is 2. The van der Waals surface area contributed by atoms with Crippen molar-refractivity contribution >= 4 is 32.5 Å². The van der Waals surface area contributed by atoms with Crippen molar-refractivity contribution in [3.05, 3.63) is 29.4 Å². The van der Waals surface area contributed by atoms with E-state index in [2.05, 4.69) is 4.37 Å². The average Bonchev–Trinajstić information content (AvgIpc) is 2.65. The second kappa shape index (κ2) is 4.21. The van der Waals surface area contributed by atoms with Crippen LogP contribution in [0.25, 0.3) is 10.4 Å². The van der Waals surface area contributed by atoms with Crippen molar-refractivity contribution < 1.29 is 4.74 Å². The second-order valence-corrected chi connectivity index (χ2v) is 4.81. The van der Waals surface area contributed by atoms with Crippen LogP contribution < -0.4 is 4.74 Å². The van der Waals surface area contributed by atoms with E-state index in [0.717, 1.165) is 16.2 Å². The molecule has 5 heteroatoms. The first-order chi connectivity index (χ1) is 6.81. The lowest BCUT2D eigenvalue weighted by Gasteiger charge is -1.97. The van der Waals surface area contributed by atoms with Gasteiger partial charge in [0.05, 0.1) is 7.11 Å². The fraction of sp³-hybridized carbons (Fsp3) is 0.111. The van der Waals surface area contributed by atoms with E-state index < -0.39 is 0 Å². The van der Waals surface area contributed by atoms with Gasteiger partial charge in [-0.25, -0.2) is 0 Å². The molecule has 1 heterocycles. The molecule has 0 aliphatic rings. The highest BCUT2D eigenvalue weighted by Crippen LogP contribution is 2.34. The molecule has 72 valence electrons. The van der Waals surface area contributed by atoms with Crippen molar-refractivity contribution in [2.24, 2.45) is 0 Å². The van der Waals surface area contributed by atoms with Crippen molar-refractivity contribution in [3.63, 3.8) is 0 Å². The molecule has 0 N–H and O–H groups in total. The molecular formula is C9H7ClNOS2+. The summed E-state index contributed by atoms with van der Waals surface area (Å²) in [6.45, 7) is 0. The Bertz CT molecular complexity index is 427. The Hall–Kier alpha value is -0.710. The third-order valence-electron chi connectivity index (χ3n) is 1.78. The van der Waals surface area contributed by atoms with Crippen LogP contribution in [0.3, 0.4) is 0 Å². The first-order valence-electron chi connectivity index (χ1n) is 3.90. The van der Waals surface area contributed by atoms with Crippen molar-refractivity contribution in [1.29, 1.82) is 0 Å². The third kappa shape index (κ3) is 1.87. The number of aromatic nitrogens is 1. The van der Waals surface area contributed by atoms with E-state index in [1.54, 1.807) is 17.5 Å². The molecule has 1 aromatic carbocycles. The molecule has 0 saturated carbocycles. The van der Waals surface area contributed by atoms with Crippen LogP contribution in [0.5, 0.6) is 5.75 Å². The first kappa shape index (κ1) is 9.83. The largest absolute Gasteiger partial charge is 0.497 e. The third-order valence-corrected chi connectivity index (χ3v) is 4.14. The van der Waals surface area contributed by atoms with Gasteiger partial charge >= 0.3 is 10.3 Å². The SMILES string of the molecule is COc1ccc(-c2[s+]snc2Cl)cc1. The lowest BCUT2D eigenvalue weighted by molar-refractivity contribution is 0.415. The molecule has 0 spiro atoms. The molecule has 14 heavy (non-hydrogen) atoms. The van der Waals surface area contributed by atoms with Crippen LogP contribution in [0.15, 0.2) is 24.3 Å². The zero-order valence-corrected chi connectivity index (χ0v) is 9.75. The number of halogens is 1. The van der Waals surface area contributed by atoms with Gasteiger partial charge in [-0.15, -0.1) is 4.37 Å². The van der Waals surface area contributed by atoms with Gasteiger partial charge in [0.25, 0.3) is 15.4 Å². The molecule has 2 aromatic rings. The van der Waals surface area contributed by atoms with Crippen molar-refractivity contribution in [1.82, 2.24) is 4.37 Å². The predicted molar refractivity (Wildman–Crippen MR) is 61.4 cm³/mol. The summed E-state index contributed by atoms with van der Waals surface area (Å²) < 4.78 is 9.10. The molecule has 0 radical (unpaired) electrons. The van der Waals surface area contributed by atoms with Gasteiger partial charge in [-0.1, -0.05) is 11.6 Å². The van der Waals surface area contributed by atoms with Gasteiger partial charge < -0.3 is 4.74 Å². The van der Waals surface area contributed by atoms with E-state index in [1.807, 2.05) is 24.3 Å². The molecule has 2 rings (SSSR count). The van der Waals surface area contributed by atoms with Gasteiger partial charge in [0.15, 0.2) is 0 Å². The van der Waals surface area contributed by atoms with Gasteiger partial charge in [0.1, 0.15) is 5.75 Å². The van der Waals surface area contributed by atoms with Crippen LogP contribution in [-0.4, -0.2) is 11.5 Å². The smallest absolute Gasteiger partial charge is 0.325 e. The predicted octanol–water partition coefficient (Wildman–Crippen LogP) is 3.81. The Morgan fingerprint density at radius 1 is 1.36 bits per heavy atom. The van der Waals surface area contributed by atoms with Gasteiger partial charge in [-0.3, -0.25) is 0 Å². The highest BCUT2D eigenvalue weighted by Gasteiger charge is 2.19. The number of methoxy groups -OCH3 is 1. The average molecular weight is 245 g/mol. The van der Waals surface area contributed by atoms with Crippen LogP contribution >= 0.6 is 32.5 Å². The molecule has 0 fully saturated rings. The molecule has 2 nitrogen and oxygen atoms in total. The molecule has 0 amide bonds. The van der Waals surface area contributed by atoms with E-state index in [9.17, 15) is 0 Å². The molecule has 0 bridgehead atoms. The Balaban J connectivity index is 2.39. The molecule has 0 unspecified atom stereocenters. The fourth-order valence-electron chi connectivity index (χ4n) is 1.07. The minimum absolute atomic E-state index is 0.574. The van der Waals surface area contributed by atoms with E-state index >= 15 is 0 Å². The van der Waals surface area contributed by atoms with E-state index in [0.29, 0.717) is 5.15 Å². The highest BCUT2D eigenvalue weighted by atomic mass is 35.5. The topological polar surface area (TPSA) is 22.1 Å². The summed E-state index contributed by atoms with van der Waals surface area (Å²) in [7, 11) is 4.62. The summed E-state index contributed by atoms with van der Waals surface area (Å²) in [6.07, 6.45) is 0. The summed E-state index contributed by atoms with van der Waals surface area (Å²) in [5, 5.41) is 0.574. The number of ether oxygens (including phenoxy) is 1. The zero-order valence-electron chi connectivity index (χ0n) is 7.36. The Kier molecular flexibility index (Phi) is 2.96. The number of hydrogen-bond acceptors (Lipinski definition) is 3. The van der Waals surface area contributed by atoms with Gasteiger partial charge in [-0.2, -0.15) is 0 Å². The quantitative estimate of drug-likeness (QED) is 0.592. The first-order valence-corrected chi connectivity index (χ1v) is 6.38. The van der Waals surface area contributed by atoms with Crippen LogP contribution in [0.4, 0.5) is 0 Å². The maximum Gasteiger partial charge on any atom is 0.325 e. The van der Waals surface area contributed by atoms with Crippen LogP contribution in [0, 0.1) is 0 Å². The van der Waals surface area contributed by atoms with Crippen LogP contribution in [0.2, 0.25) is 5.15 Å². The monoisotopic (exact) mass is 244 g/mol. The van der Waals surface area contributed by atoms with Crippen LogP contribution in [0.1, 0.15) is 0 Å².